The van der Waals surface area contributed by atoms with E-state index in [0.29, 0.717) is 44.1 Å². The third-order valence-corrected chi connectivity index (χ3v) is 4.06. The first-order valence-corrected chi connectivity index (χ1v) is 8.11. The molecule has 6 heteroatoms. The third kappa shape index (κ3) is 4.22. The van der Waals surface area contributed by atoms with Gasteiger partial charge in [-0.3, -0.25) is 4.79 Å². The maximum Gasteiger partial charge on any atom is 0.321 e. The van der Waals surface area contributed by atoms with Crippen LogP contribution in [0.25, 0.3) is 0 Å². The van der Waals surface area contributed by atoms with Crippen LogP contribution < -0.4 is 5.32 Å². The van der Waals surface area contributed by atoms with Crippen LogP contribution in [-0.2, 0) is 4.74 Å². The number of anilines is 1. The van der Waals surface area contributed by atoms with E-state index in [1.165, 1.54) is 0 Å². The Labute approximate surface area is 137 Å². The number of carbonyl (C=O) groups excluding carboxylic acids is 2. The van der Waals surface area contributed by atoms with Crippen molar-refractivity contribution in [2.75, 3.05) is 38.2 Å². The van der Waals surface area contributed by atoms with Crippen LogP contribution in [0.15, 0.2) is 24.3 Å². The van der Waals surface area contributed by atoms with E-state index in [1.807, 2.05) is 25.7 Å². The SMILES string of the molecule is CCN(CC)C(=O)Nc1ccc(C(=O)N2CCOCC2C)cc1. The van der Waals surface area contributed by atoms with Gasteiger partial charge in [-0.2, -0.15) is 0 Å². The van der Waals surface area contributed by atoms with Crippen LogP contribution in [0.5, 0.6) is 0 Å². The van der Waals surface area contributed by atoms with Crippen LogP contribution in [0.4, 0.5) is 10.5 Å². The van der Waals surface area contributed by atoms with Gasteiger partial charge in [-0.1, -0.05) is 0 Å². The van der Waals surface area contributed by atoms with Crippen molar-refractivity contribution in [3.8, 4) is 0 Å². The van der Waals surface area contributed by atoms with Gasteiger partial charge in [0.05, 0.1) is 19.3 Å². The lowest BCUT2D eigenvalue weighted by atomic mass is 10.1. The molecule has 0 aromatic heterocycles. The van der Waals surface area contributed by atoms with E-state index in [2.05, 4.69) is 5.32 Å². The summed E-state index contributed by atoms with van der Waals surface area (Å²) < 4.78 is 5.36. The van der Waals surface area contributed by atoms with Crippen LogP contribution in [0.3, 0.4) is 0 Å². The van der Waals surface area contributed by atoms with Crippen LogP contribution in [0.1, 0.15) is 31.1 Å². The lowest BCUT2D eigenvalue weighted by molar-refractivity contribution is 0.00359. The van der Waals surface area contributed by atoms with Gasteiger partial charge in [0, 0.05) is 30.9 Å². The number of nitrogens with zero attached hydrogens (tertiary/aromatic N) is 2. The molecule has 126 valence electrons. The molecule has 2 rings (SSSR count). The van der Waals surface area contributed by atoms with E-state index in [0.717, 1.165) is 0 Å². The smallest absolute Gasteiger partial charge is 0.321 e. The fraction of sp³-hybridized carbons (Fsp3) is 0.529. The lowest BCUT2D eigenvalue weighted by Crippen LogP contribution is -2.47. The Morgan fingerprint density at radius 1 is 1.26 bits per heavy atom. The zero-order valence-electron chi connectivity index (χ0n) is 14.0. The van der Waals surface area contributed by atoms with Crippen LogP contribution in [-0.4, -0.2) is 60.6 Å². The quantitative estimate of drug-likeness (QED) is 0.927. The van der Waals surface area contributed by atoms with Gasteiger partial charge < -0.3 is 19.9 Å². The van der Waals surface area contributed by atoms with E-state index in [4.69, 9.17) is 4.74 Å². The Bertz CT molecular complexity index is 541. The minimum atomic E-state index is -0.129. The molecule has 0 aliphatic carbocycles. The number of amides is 3. The van der Waals surface area contributed by atoms with E-state index in [-0.39, 0.29) is 18.0 Å². The second-order valence-electron chi connectivity index (χ2n) is 5.60. The normalized spacial score (nSPS) is 17.7. The minimum Gasteiger partial charge on any atom is -0.377 e. The molecule has 0 bridgehead atoms. The molecule has 3 amide bonds. The molecule has 1 aromatic carbocycles. The fourth-order valence-corrected chi connectivity index (χ4v) is 2.60. The van der Waals surface area contributed by atoms with Crippen molar-refractivity contribution in [1.29, 1.82) is 0 Å². The summed E-state index contributed by atoms with van der Waals surface area (Å²) in [5, 5.41) is 2.84. The number of rotatable bonds is 4. The van der Waals surface area contributed by atoms with E-state index < -0.39 is 0 Å². The molecule has 0 radical (unpaired) electrons. The van der Waals surface area contributed by atoms with Crippen molar-refractivity contribution in [2.45, 2.75) is 26.8 Å². The van der Waals surface area contributed by atoms with Gasteiger partial charge in [0.2, 0.25) is 0 Å². The molecular formula is C17H25N3O3. The highest BCUT2D eigenvalue weighted by atomic mass is 16.5. The molecule has 6 nitrogen and oxygen atoms in total. The number of carbonyl (C=O) groups is 2. The molecule has 0 saturated carbocycles. The van der Waals surface area contributed by atoms with Gasteiger partial charge in [-0.25, -0.2) is 4.79 Å². The molecule has 1 saturated heterocycles. The number of benzene rings is 1. The van der Waals surface area contributed by atoms with Crippen LogP contribution >= 0.6 is 0 Å². The summed E-state index contributed by atoms with van der Waals surface area (Å²) in [6.07, 6.45) is 0. The van der Waals surface area contributed by atoms with Crippen molar-refractivity contribution in [3.05, 3.63) is 29.8 Å². The van der Waals surface area contributed by atoms with Gasteiger partial charge in [0.25, 0.3) is 5.91 Å². The van der Waals surface area contributed by atoms with Gasteiger partial charge in [-0.15, -0.1) is 0 Å². The Hall–Kier alpha value is -2.08. The molecular weight excluding hydrogens is 294 g/mol. The molecule has 1 heterocycles. The first kappa shape index (κ1) is 17.3. The highest BCUT2D eigenvalue weighted by Crippen LogP contribution is 2.15. The Kier molecular flexibility index (Phi) is 5.98. The Balaban J connectivity index is 2.01. The monoisotopic (exact) mass is 319 g/mol. The predicted molar refractivity (Wildman–Crippen MR) is 89.7 cm³/mol. The van der Waals surface area contributed by atoms with E-state index in [1.54, 1.807) is 29.2 Å². The lowest BCUT2D eigenvalue weighted by Gasteiger charge is -2.33. The number of hydrogen-bond acceptors (Lipinski definition) is 3. The number of urea groups is 1. The zero-order valence-corrected chi connectivity index (χ0v) is 14.0. The molecule has 0 spiro atoms. The van der Waals surface area contributed by atoms with Gasteiger partial charge in [-0.05, 0) is 45.0 Å². The average molecular weight is 319 g/mol. The molecule has 1 fully saturated rings. The summed E-state index contributed by atoms with van der Waals surface area (Å²) in [5.41, 5.74) is 1.31. The van der Waals surface area contributed by atoms with Crippen molar-refractivity contribution >= 4 is 17.6 Å². The van der Waals surface area contributed by atoms with Crippen molar-refractivity contribution in [1.82, 2.24) is 9.80 Å². The van der Waals surface area contributed by atoms with Crippen molar-refractivity contribution in [2.24, 2.45) is 0 Å². The standard InChI is InChI=1S/C17H25N3O3/c1-4-19(5-2)17(22)18-15-8-6-14(7-9-15)16(21)20-10-11-23-12-13(20)3/h6-9,13H,4-5,10-12H2,1-3H3,(H,18,22). The number of nitrogens with one attached hydrogen (secondary N) is 1. The summed E-state index contributed by atoms with van der Waals surface area (Å²) in [6.45, 7) is 8.94. The van der Waals surface area contributed by atoms with Gasteiger partial charge in [0.15, 0.2) is 0 Å². The summed E-state index contributed by atoms with van der Waals surface area (Å²) in [7, 11) is 0. The van der Waals surface area contributed by atoms with Crippen LogP contribution in [0, 0.1) is 0 Å². The molecule has 1 aliphatic heterocycles. The fourth-order valence-electron chi connectivity index (χ4n) is 2.60. The minimum absolute atomic E-state index is 0.00224. The summed E-state index contributed by atoms with van der Waals surface area (Å²) >= 11 is 0. The van der Waals surface area contributed by atoms with E-state index >= 15 is 0 Å². The maximum atomic E-state index is 12.5. The maximum absolute atomic E-state index is 12.5. The topological polar surface area (TPSA) is 61.9 Å². The third-order valence-electron chi connectivity index (χ3n) is 4.06. The summed E-state index contributed by atoms with van der Waals surface area (Å²) in [5.74, 6) is 0.00224. The second-order valence-corrected chi connectivity index (χ2v) is 5.60. The van der Waals surface area contributed by atoms with Crippen LogP contribution in [0.2, 0.25) is 0 Å². The number of ether oxygens (including phenoxy) is 1. The van der Waals surface area contributed by atoms with Gasteiger partial charge in [0.1, 0.15) is 0 Å². The molecule has 1 unspecified atom stereocenters. The molecule has 1 aromatic rings. The van der Waals surface area contributed by atoms with Crippen molar-refractivity contribution < 1.29 is 14.3 Å². The molecule has 1 atom stereocenters. The number of morpholine rings is 1. The summed E-state index contributed by atoms with van der Waals surface area (Å²) in [4.78, 5) is 28.1. The second kappa shape index (κ2) is 7.97. The van der Waals surface area contributed by atoms with Crippen molar-refractivity contribution in [3.63, 3.8) is 0 Å². The zero-order chi connectivity index (χ0) is 16.8. The first-order valence-electron chi connectivity index (χ1n) is 8.11. The molecule has 23 heavy (non-hydrogen) atoms. The molecule has 1 aliphatic rings. The first-order chi connectivity index (χ1) is 11.1. The highest BCUT2D eigenvalue weighted by Gasteiger charge is 2.24. The largest absolute Gasteiger partial charge is 0.377 e. The highest BCUT2D eigenvalue weighted by molar-refractivity contribution is 5.95. The molecule has 1 N–H and O–H groups in total. The van der Waals surface area contributed by atoms with E-state index in [9.17, 15) is 9.59 Å². The average Bonchev–Trinajstić information content (AvgIpc) is 2.56. The van der Waals surface area contributed by atoms with Gasteiger partial charge >= 0.3 is 6.03 Å². The predicted octanol–water partition coefficient (Wildman–Crippen LogP) is 2.42. The number of hydrogen-bond donors (Lipinski definition) is 1. The Morgan fingerprint density at radius 2 is 1.91 bits per heavy atom. The Morgan fingerprint density at radius 3 is 2.48 bits per heavy atom. The summed E-state index contributed by atoms with van der Waals surface area (Å²) in [6, 6.07) is 6.98.